The Morgan fingerprint density at radius 3 is 2.44 bits per heavy atom. The minimum Gasteiger partial charge on any atom is -0.288 e. The molecule has 0 spiro atoms. The van der Waals surface area contributed by atoms with Crippen LogP contribution in [0.5, 0.6) is 0 Å². The van der Waals surface area contributed by atoms with Crippen LogP contribution in [0, 0.1) is 0 Å². The first-order valence-electron chi connectivity index (χ1n) is 5.03. The Hall–Kier alpha value is -1.85. The molecule has 0 aliphatic rings. The van der Waals surface area contributed by atoms with Gasteiger partial charge in [0.1, 0.15) is 0 Å². The van der Waals surface area contributed by atoms with E-state index in [0.29, 0.717) is 27.0 Å². The quantitative estimate of drug-likeness (QED) is 0.745. The first kappa shape index (κ1) is 11.3. The SMILES string of the molecule is O=c1[nH]c2nccnc2n1-c1cc(Cl)cc(Cl)c1. The zero-order valence-electron chi connectivity index (χ0n) is 8.89. The lowest BCUT2D eigenvalue weighted by Gasteiger charge is -2.03. The van der Waals surface area contributed by atoms with Gasteiger partial charge >= 0.3 is 5.69 Å². The van der Waals surface area contributed by atoms with Crippen molar-refractivity contribution >= 4 is 34.5 Å². The maximum absolute atomic E-state index is 11.9. The van der Waals surface area contributed by atoms with Crippen LogP contribution in [-0.4, -0.2) is 19.5 Å². The predicted octanol–water partition coefficient (Wildman–Crippen LogP) is 2.42. The number of aromatic amines is 1. The molecule has 3 rings (SSSR count). The second-order valence-corrected chi connectivity index (χ2v) is 4.49. The van der Waals surface area contributed by atoms with Crippen molar-refractivity contribution in [1.82, 2.24) is 19.5 Å². The topological polar surface area (TPSA) is 63.6 Å². The van der Waals surface area contributed by atoms with E-state index in [2.05, 4.69) is 15.0 Å². The van der Waals surface area contributed by atoms with Gasteiger partial charge in [-0.3, -0.25) is 4.98 Å². The Bertz CT molecular complexity index is 773. The predicted molar refractivity (Wildman–Crippen MR) is 69.5 cm³/mol. The second-order valence-electron chi connectivity index (χ2n) is 3.62. The molecule has 0 atom stereocenters. The number of rotatable bonds is 1. The van der Waals surface area contributed by atoms with Gasteiger partial charge in [-0.05, 0) is 18.2 Å². The third kappa shape index (κ3) is 1.77. The molecule has 0 saturated heterocycles. The Morgan fingerprint density at radius 1 is 1.06 bits per heavy atom. The maximum Gasteiger partial charge on any atom is 0.333 e. The van der Waals surface area contributed by atoms with Crippen LogP contribution < -0.4 is 5.69 Å². The molecule has 0 saturated carbocycles. The highest BCUT2D eigenvalue weighted by atomic mass is 35.5. The highest BCUT2D eigenvalue weighted by Crippen LogP contribution is 2.22. The summed E-state index contributed by atoms with van der Waals surface area (Å²) in [7, 11) is 0. The molecule has 0 amide bonds. The van der Waals surface area contributed by atoms with Crippen molar-refractivity contribution in [2.75, 3.05) is 0 Å². The Balaban J connectivity index is 2.37. The van der Waals surface area contributed by atoms with Gasteiger partial charge in [0.25, 0.3) is 0 Å². The second kappa shape index (κ2) is 4.12. The van der Waals surface area contributed by atoms with E-state index < -0.39 is 0 Å². The van der Waals surface area contributed by atoms with Gasteiger partial charge in [-0.15, -0.1) is 0 Å². The Morgan fingerprint density at radius 2 is 1.72 bits per heavy atom. The molecular formula is C11H6Cl2N4O. The molecule has 90 valence electrons. The summed E-state index contributed by atoms with van der Waals surface area (Å²) in [5.41, 5.74) is 1.05. The fourth-order valence-corrected chi connectivity index (χ4v) is 2.26. The van der Waals surface area contributed by atoms with Crippen LogP contribution in [0.4, 0.5) is 0 Å². The smallest absolute Gasteiger partial charge is 0.288 e. The maximum atomic E-state index is 11.9. The first-order chi connectivity index (χ1) is 8.65. The van der Waals surface area contributed by atoms with E-state index in [1.165, 1.54) is 17.0 Å². The highest BCUT2D eigenvalue weighted by Gasteiger charge is 2.11. The molecule has 0 aliphatic carbocycles. The van der Waals surface area contributed by atoms with E-state index in [-0.39, 0.29) is 5.69 Å². The summed E-state index contributed by atoms with van der Waals surface area (Å²) < 4.78 is 1.38. The lowest BCUT2D eigenvalue weighted by atomic mass is 10.3. The van der Waals surface area contributed by atoms with Crippen LogP contribution in [0.15, 0.2) is 35.4 Å². The average molecular weight is 281 g/mol. The van der Waals surface area contributed by atoms with Crippen molar-refractivity contribution in [3.8, 4) is 5.69 Å². The van der Waals surface area contributed by atoms with E-state index >= 15 is 0 Å². The van der Waals surface area contributed by atoms with Crippen LogP contribution in [-0.2, 0) is 0 Å². The number of benzene rings is 1. The molecule has 7 heteroatoms. The van der Waals surface area contributed by atoms with Gasteiger partial charge in [0.2, 0.25) is 0 Å². The Labute approximate surface area is 111 Å². The van der Waals surface area contributed by atoms with Gasteiger partial charge in [0, 0.05) is 22.4 Å². The monoisotopic (exact) mass is 280 g/mol. The number of hydrogen-bond donors (Lipinski definition) is 1. The number of nitrogens with zero attached hydrogens (tertiary/aromatic N) is 3. The summed E-state index contributed by atoms with van der Waals surface area (Å²) in [4.78, 5) is 22.7. The fourth-order valence-electron chi connectivity index (χ4n) is 1.74. The number of imidazole rings is 1. The van der Waals surface area contributed by atoms with Crippen LogP contribution in [0.3, 0.4) is 0 Å². The summed E-state index contributed by atoms with van der Waals surface area (Å²) >= 11 is 11.8. The van der Waals surface area contributed by atoms with Gasteiger partial charge in [0.15, 0.2) is 11.3 Å². The lowest BCUT2D eigenvalue weighted by Crippen LogP contribution is -2.14. The molecule has 1 N–H and O–H groups in total. The molecule has 1 aromatic carbocycles. The molecule has 0 bridgehead atoms. The summed E-state index contributed by atoms with van der Waals surface area (Å²) in [6.07, 6.45) is 3.02. The number of halogens is 2. The van der Waals surface area contributed by atoms with E-state index in [0.717, 1.165) is 0 Å². The number of aromatic nitrogens is 4. The number of hydrogen-bond acceptors (Lipinski definition) is 3. The van der Waals surface area contributed by atoms with E-state index in [1.54, 1.807) is 18.2 Å². The van der Waals surface area contributed by atoms with Crippen molar-refractivity contribution in [3.05, 3.63) is 51.1 Å². The van der Waals surface area contributed by atoms with Crippen molar-refractivity contribution in [3.63, 3.8) is 0 Å². The number of nitrogens with one attached hydrogen (secondary N) is 1. The fraction of sp³-hybridized carbons (Fsp3) is 0. The van der Waals surface area contributed by atoms with E-state index in [1.807, 2.05) is 0 Å². The zero-order valence-corrected chi connectivity index (χ0v) is 10.4. The van der Waals surface area contributed by atoms with Gasteiger partial charge in [-0.1, -0.05) is 23.2 Å². The van der Waals surface area contributed by atoms with E-state index in [4.69, 9.17) is 23.2 Å². The highest BCUT2D eigenvalue weighted by molar-refractivity contribution is 6.34. The normalized spacial score (nSPS) is 11.0. The largest absolute Gasteiger partial charge is 0.333 e. The summed E-state index contributed by atoms with van der Waals surface area (Å²) in [5.74, 6) is 0. The molecule has 5 nitrogen and oxygen atoms in total. The Kier molecular flexibility index (Phi) is 2.57. The molecule has 2 heterocycles. The van der Waals surface area contributed by atoms with Crippen LogP contribution >= 0.6 is 23.2 Å². The van der Waals surface area contributed by atoms with Crippen LogP contribution in [0.25, 0.3) is 17.0 Å². The molecule has 0 radical (unpaired) electrons. The lowest BCUT2D eigenvalue weighted by molar-refractivity contribution is 1.00. The molecule has 3 aromatic rings. The molecule has 0 fully saturated rings. The van der Waals surface area contributed by atoms with Gasteiger partial charge in [-0.2, -0.15) is 0 Å². The van der Waals surface area contributed by atoms with Crippen molar-refractivity contribution < 1.29 is 0 Å². The third-order valence-corrected chi connectivity index (χ3v) is 2.86. The number of fused-ring (bicyclic) bond motifs is 1. The molecule has 2 aromatic heterocycles. The average Bonchev–Trinajstić information content (AvgIpc) is 2.63. The van der Waals surface area contributed by atoms with Crippen molar-refractivity contribution in [2.45, 2.75) is 0 Å². The number of H-pyrrole nitrogens is 1. The van der Waals surface area contributed by atoms with Crippen LogP contribution in [0.2, 0.25) is 10.0 Å². The zero-order chi connectivity index (χ0) is 12.7. The summed E-state index contributed by atoms with van der Waals surface area (Å²) in [5, 5.41) is 0.894. The summed E-state index contributed by atoms with van der Waals surface area (Å²) in [6.45, 7) is 0. The minimum atomic E-state index is -0.338. The van der Waals surface area contributed by atoms with Crippen LogP contribution in [0.1, 0.15) is 0 Å². The summed E-state index contributed by atoms with van der Waals surface area (Å²) in [6, 6.07) is 4.87. The van der Waals surface area contributed by atoms with Gasteiger partial charge in [0.05, 0.1) is 5.69 Å². The van der Waals surface area contributed by atoms with Crippen molar-refractivity contribution in [1.29, 1.82) is 0 Å². The first-order valence-corrected chi connectivity index (χ1v) is 5.79. The van der Waals surface area contributed by atoms with Gasteiger partial charge in [-0.25, -0.2) is 19.3 Å². The molecule has 0 unspecified atom stereocenters. The minimum absolute atomic E-state index is 0.338. The van der Waals surface area contributed by atoms with Gasteiger partial charge < -0.3 is 0 Å². The standard InChI is InChI=1S/C11H6Cl2N4O/c12-6-3-7(13)5-8(4-6)17-10-9(16-11(17)18)14-1-2-15-10/h1-5H,(H,14,16,18). The molecule has 18 heavy (non-hydrogen) atoms. The molecular weight excluding hydrogens is 275 g/mol. The third-order valence-electron chi connectivity index (χ3n) is 2.42. The molecule has 0 aliphatic heterocycles. The van der Waals surface area contributed by atoms with E-state index in [9.17, 15) is 4.79 Å². The van der Waals surface area contributed by atoms with Crippen molar-refractivity contribution in [2.24, 2.45) is 0 Å².